The first-order valence-corrected chi connectivity index (χ1v) is 14.6. The van der Waals surface area contributed by atoms with Gasteiger partial charge in [0.2, 0.25) is 11.8 Å². The predicted octanol–water partition coefficient (Wildman–Crippen LogP) is 4.99. The summed E-state index contributed by atoms with van der Waals surface area (Å²) in [6.07, 6.45) is -0.0405. The van der Waals surface area contributed by atoms with Crippen LogP contribution in [-0.4, -0.2) is 41.3 Å². The van der Waals surface area contributed by atoms with Crippen molar-refractivity contribution in [1.29, 1.82) is 0 Å². The first kappa shape index (κ1) is 29.8. The number of amides is 2. The van der Waals surface area contributed by atoms with Gasteiger partial charge in [-0.2, -0.15) is 0 Å². The van der Waals surface area contributed by atoms with Crippen LogP contribution in [0.3, 0.4) is 0 Å². The van der Waals surface area contributed by atoms with Crippen LogP contribution in [0.4, 0.5) is 5.69 Å². The van der Waals surface area contributed by atoms with Crippen molar-refractivity contribution in [2.45, 2.75) is 31.5 Å². The Morgan fingerprint density at radius 3 is 2.09 bits per heavy atom. The zero-order chi connectivity index (χ0) is 31.7. The van der Waals surface area contributed by atoms with Crippen molar-refractivity contribution in [3.8, 4) is 11.5 Å². The number of nitrogens with zero attached hydrogens (tertiary/aromatic N) is 1. The van der Waals surface area contributed by atoms with E-state index in [1.54, 1.807) is 54.6 Å². The van der Waals surface area contributed by atoms with E-state index in [1.807, 2.05) is 36.4 Å². The topological polar surface area (TPSA) is 122 Å². The zero-order valence-corrected chi connectivity index (χ0v) is 24.8. The summed E-state index contributed by atoms with van der Waals surface area (Å²) < 4.78 is 12.0. The summed E-state index contributed by atoms with van der Waals surface area (Å²) in [4.78, 5) is 54.9. The number of ketones is 1. The van der Waals surface area contributed by atoms with Crippen LogP contribution in [0, 0.1) is 11.8 Å². The average molecular weight is 605 g/mol. The smallest absolute Gasteiger partial charge is 0.325 e. The number of nitrogens with one attached hydrogen (secondary N) is 1. The number of carboxylic acids is 1. The average Bonchev–Trinajstić information content (AvgIpc) is 3.53. The van der Waals surface area contributed by atoms with E-state index in [2.05, 4.69) is 5.32 Å². The van der Waals surface area contributed by atoms with Crippen molar-refractivity contribution in [3.05, 3.63) is 125 Å². The molecule has 2 aliphatic rings. The van der Waals surface area contributed by atoms with Crippen molar-refractivity contribution in [2.24, 2.45) is 11.8 Å². The molecule has 0 bridgehead atoms. The Hall–Kier alpha value is -5.28. The van der Waals surface area contributed by atoms with Crippen LogP contribution in [0.1, 0.15) is 40.0 Å². The van der Waals surface area contributed by atoms with E-state index in [1.165, 1.54) is 26.2 Å². The van der Waals surface area contributed by atoms with Gasteiger partial charge in [-0.15, -0.1) is 0 Å². The summed E-state index contributed by atoms with van der Waals surface area (Å²) in [6.45, 7) is 1.63. The Morgan fingerprint density at radius 2 is 1.49 bits per heavy atom. The number of carbonyl (C=O) groups excluding carboxylic acids is 3. The molecule has 0 radical (unpaired) electrons. The predicted molar refractivity (Wildman–Crippen MR) is 166 cm³/mol. The summed E-state index contributed by atoms with van der Waals surface area (Å²) in [7, 11) is 1.51. The number of para-hydroxylation sites is 1. The number of ether oxygens (including phenoxy) is 2. The molecule has 4 aromatic rings. The monoisotopic (exact) mass is 604 g/mol. The molecule has 2 saturated heterocycles. The Labute approximate surface area is 260 Å². The number of fused-ring (bicyclic) bond motifs is 1. The zero-order valence-electron chi connectivity index (χ0n) is 24.8. The molecule has 0 saturated carbocycles. The molecule has 0 aromatic heterocycles. The Kier molecular flexibility index (Phi) is 7.95. The lowest BCUT2D eigenvalue weighted by Crippen LogP contribution is -2.57. The summed E-state index contributed by atoms with van der Waals surface area (Å²) in [5.41, 5.74) is 0.986. The fourth-order valence-electron chi connectivity index (χ4n) is 6.55. The maximum atomic E-state index is 14.3. The molecule has 4 atom stereocenters. The van der Waals surface area contributed by atoms with Crippen LogP contribution in [-0.2, 0) is 27.4 Å². The van der Waals surface area contributed by atoms with E-state index < -0.39 is 41.2 Å². The molecule has 2 amide bonds. The summed E-state index contributed by atoms with van der Waals surface area (Å²) in [5.74, 6) is -4.11. The van der Waals surface area contributed by atoms with Crippen molar-refractivity contribution in [2.75, 3.05) is 12.0 Å². The number of imide groups is 1. The van der Waals surface area contributed by atoms with Gasteiger partial charge in [0.1, 0.15) is 12.1 Å². The number of Topliss-reactive ketones (excluding diaryl/α,β-unsaturated/α-hetero) is 1. The van der Waals surface area contributed by atoms with E-state index in [-0.39, 0.29) is 24.5 Å². The third-order valence-corrected chi connectivity index (χ3v) is 8.68. The highest BCUT2D eigenvalue weighted by molar-refractivity contribution is 6.24. The van der Waals surface area contributed by atoms with Gasteiger partial charge in [0, 0.05) is 23.6 Å². The van der Waals surface area contributed by atoms with Gasteiger partial charge in [-0.1, -0.05) is 72.8 Å². The summed E-state index contributed by atoms with van der Waals surface area (Å²) >= 11 is 0. The minimum atomic E-state index is -1.82. The second-order valence-corrected chi connectivity index (χ2v) is 11.3. The highest BCUT2D eigenvalue weighted by Crippen LogP contribution is 2.53. The Morgan fingerprint density at radius 1 is 0.844 bits per heavy atom. The molecule has 2 heterocycles. The number of benzene rings is 4. The van der Waals surface area contributed by atoms with Crippen molar-refractivity contribution in [3.63, 3.8) is 0 Å². The normalized spacial score (nSPS) is 22.3. The molecule has 2 aliphatic heterocycles. The van der Waals surface area contributed by atoms with E-state index in [0.29, 0.717) is 28.2 Å². The third-order valence-electron chi connectivity index (χ3n) is 8.68. The second-order valence-electron chi connectivity index (χ2n) is 11.3. The van der Waals surface area contributed by atoms with Crippen LogP contribution in [0.5, 0.6) is 11.5 Å². The van der Waals surface area contributed by atoms with Gasteiger partial charge >= 0.3 is 5.97 Å². The lowest BCUT2D eigenvalue weighted by molar-refractivity contribution is -0.148. The van der Waals surface area contributed by atoms with Crippen LogP contribution in [0.25, 0.3) is 0 Å². The molecule has 2 N–H and O–H groups in total. The fourth-order valence-corrected chi connectivity index (χ4v) is 6.55. The van der Waals surface area contributed by atoms with Crippen molar-refractivity contribution in [1.82, 2.24) is 5.32 Å². The second kappa shape index (κ2) is 12.0. The standard InChI is InChI=1S/C36H32N2O7/c1-22(39)25-16-18-26(19-17-25)38-33(40)29-30(34(38)41)36(35(42)43,20-23-10-5-3-6-11-23)37-31(29)27-14-9-15-28(44-2)32(27)45-21-24-12-7-4-8-13-24/h3-19,29-31,37H,20-21H2,1-2H3,(H,42,43). The Bertz CT molecular complexity index is 1760. The molecule has 4 aromatic carbocycles. The first-order valence-electron chi connectivity index (χ1n) is 14.6. The van der Waals surface area contributed by atoms with E-state index >= 15 is 0 Å². The van der Waals surface area contributed by atoms with Crippen LogP contribution >= 0.6 is 0 Å². The van der Waals surface area contributed by atoms with E-state index in [4.69, 9.17) is 9.47 Å². The largest absolute Gasteiger partial charge is 0.493 e. The molecule has 9 heteroatoms. The minimum absolute atomic E-state index is 0.0405. The SMILES string of the molecule is COc1cccc(C2NC(Cc3ccccc3)(C(=O)O)C3C(=O)N(c4ccc(C(C)=O)cc4)C(=O)C23)c1OCc1ccccc1. The van der Waals surface area contributed by atoms with E-state index in [0.717, 1.165) is 10.5 Å². The maximum absolute atomic E-state index is 14.3. The number of aliphatic carboxylic acids is 1. The van der Waals surface area contributed by atoms with Gasteiger partial charge in [0.15, 0.2) is 17.3 Å². The number of rotatable bonds is 10. The molecule has 6 rings (SSSR count). The Balaban J connectivity index is 1.48. The number of hydrogen-bond acceptors (Lipinski definition) is 7. The molecule has 9 nitrogen and oxygen atoms in total. The van der Waals surface area contributed by atoms with Gasteiger partial charge in [0.05, 0.1) is 24.6 Å². The van der Waals surface area contributed by atoms with Crippen molar-refractivity contribution >= 4 is 29.3 Å². The van der Waals surface area contributed by atoms with Crippen LogP contribution in [0.2, 0.25) is 0 Å². The number of carbonyl (C=O) groups is 4. The van der Waals surface area contributed by atoms with Crippen molar-refractivity contribution < 1.29 is 33.8 Å². The lowest BCUT2D eigenvalue weighted by Gasteiger charge is -2.31. The van der Waals surface area contributed by atoms with Gasteiger partial charge in [-0.25, -0.2) is 4.90 Å². The number of hydrogen-bond donors (Lipinski definition) is 2. The molecule has 0 aliphatic carbocycles. The molecule has 0 spiro atoms. The van der Waals surface area contributed by atoms with Gasteiger partial charge < -0.3 is 14.6 Å². The quantitative estimate of drug-likeness (QED) is 0.192. The fraction of sp³-hybridized carbons (Fsp3) is 0.222. The van der Waals surface area contributed by atoms with Gasteiger partial charge in [-0.05, 0) is 48.4 Å². The highest BCUT2D eigenvalue weighted by Gasteiger charge is 2.69. The van der Waals surface area contributed by atoms with Crippen LogP contribution < -0.4 is 19.7 Å². The third kappa shape index (κ3) is 5.25. The lowest BCUT2D eigenvalue weighted by atomic mass is 9.76. The number of carboxylic acid groups (broad SMARTS) is 1. The number of anilines is 1. The van der Waals surface area contributed by atoms with Gasteiger partial charge in [-0.3, -0.25) is 24.5 Å². The molecular formula is C36H32N2O7. The molecule has 45 heavy (non-hydrogen) atoms. The molecule has 228 valence electrons. The minimum Gasteiger partial charge on any atom is -0.493 e. The van der Waals surface area contributed by atoms with Crippen LogP contribution in [0.15, 0.2) is 103 Å². The summed E-state index contributed by atoms with van der Waals surface area (Å²) in [6, 6.07) is 29.1. The maximum Gasteiger partial charge on any atom is 0.325 e. The summed E-state index contributed by atoms with van der Waals surface area (Å²) in [5, 5.41) is 14.1. The molecular weight excluding hydrogens is 572 g/mol. The number of methoxy groups -OCH3 is 1. The first-order chi connectivity index (χ1) is 21.7. The molecule has 2 fully saturated rings. The van der Waals surface area contributed by atoms with E-state index in [9.17, 15) is 24.3 Å². The molecule has 4 unspecified atom stereocenters. The highest BCUT2D eigenvalue weighted by atomic mass is 16.5. The van der Waals surface area contributed by atoms with Gasteiger partial charge in [0.25, 0.3) is 0 Å².